The van der Waals surface area contributed by atoms with Crippen LogP contribution in [0.15, 0.2) is 30.5 Å². The van der Waals surface area contributed by atoms with Gasteiger partial charge in [-0.05, 0) is 171 Å². The monoisotopic (exact) mass is 725 g/mol. The summed E-state index contributed by atoms with van der Waals surface area (Å²) in [4.78, 5) is 38.4. The molecule has 11 unspecified atom stereocenters. The zero-order valence-corrected chi connectivity index (χ0v) is 33.5. The molecule has 6 nitrogen and oxygen atoms in total. The number of ether oxygens (including phenoxy) is 1. The molecule has 7 aliphatic rings. The standard InChI is InChI=1S/C46H64FN3O3/c1-28(51)53-37-18-19-43(5)35(41(37,2)3)17-20-45(7)36(43)15-14-32-38-31(42(4)22-23-42)16-21-46(38,25-24-44(32,45)6)40(52)50-26-8-9-34(50)39-48-27-33(49-39)29-10-12-30(47)13-11-29/h10-13,27,31-32,34-38H,8-9,14-26H2,1-7H3,(H,48,49). The van der Waals surface area contributed by atoms with Crippen molar-refractivity contribution < 1.29 is 18.7 Å². The van der Waals surface area contributed by atoms with Gasteiger partial charge in [0.05, 0.1) is 23.3 Å². The molecule has 7 heteroatoms. The van der Waals surface area contributed by atoms with Gasteiger partial charge in [-0.15, -0.1) is 0 Å². The summed E-state index contributed by atoms with van der Waals surface area (Å²) in [6.45, 7) is 17.7. The number of carbonyl (C=O) groups excluding carboxylic acids is 2. The molecule has 0 spiro atoms. The number of nitrogens with zero attached hydrogens (tertiary/aromatic N) is 2. The van der Waals surface area contributed by atoms with E-state index in [1.807, 2.05) is 6.20 Å². The number of hydrogen-bond acceptors (Lipinski definition) is 4. The molecule has 6 saturated carbocycles. The minimum atomic E-state index is -0.288. The molecule has 1 saturated heterocycles. The second kappa shape index (κ2) is 11.9. The summed E-state index contributed by atoms with van der Waals surface area (Å²) in [5.41, 5.74) is 2.48. The highest BCUT2D eigenvalue weighted by Gasteiger charge is 2.74. The minimum absolute atomic E-state index is 0.000657. The molecule has 9 rings (SSSR count). The van der Waals surface area contributed by atoms with Crippen molar-refractivity contribution in [3.05, 3.63) is 42.1 Å². The van der Waals surface area contributed by atoms with E-state index in [-0.39, 0.29) is 51.0 Å². The molecule has 2 heterocycles. The van der Waals surface area contributed by atoms with Crippen LogP contribution in [0.3, 0.4) is 0 Å². The highest BCUT2D eigenvalue weighted by atomic mass is 19.1. The first-order valence-electron chi connectivity index (χ1n) is 21.4. The molecule has 0 bridgehead atoms. The molecular formula is C46H64FN3O3. The quantitative estimate of drug-likeness (QED) is 0.311. The molecule has 1 aromatic carbocycles. The number of aromatic nitrogens is 2. The fraction of sp³-hybridized carbons (Fsp3) is 0.761. The van der Waals surface area contributed by atoms with E-state index < -0.39 is 0 Å². The predicted octanol–water partition coefficient (Wildman–Crippen LogP) is 10.7. The minimum Gasteiger partial charge on any atom is -0.462 e. The Morgan fingerprint density at radius 3 is 2.28 bits per heavy atom. The molecule has 53 heavy (non-hydrogen) atoms. The van der Waals surface area contributed by atoms with Crippen molar-refractivity contribution in [1.82, 2.24) is 14.9 Å². The normalized spacial score (nSPS) is 43.6. The lowest BCUT2D eigenvalue weighted by molar-refractivity contribution is -0.251. The number of esters is 1. The third-order valence-electron chi connectivity index (χ3n) is 18.6. The Bertz CT molecular complexity index is 1780. The summed E-state index contributed by atoms with van der Waals surface area (Å²) in [5.74, 6) is 3.71. The Kier molecular flexibility index (Phi) is 8.08. The van der Waals surface area contributed by atoms with Gasteiger partial charge in [-0.3, -0.25) is 9.59 Å². The number of amides is 1. The van der Waals surface area contributed by atoms with Gasteiger partial charge in [0.1, 0.15) is 17.7 Å². The topological polar surface area (TPSA) is 75.3 Å². The van der Waals surface area contributed by atoms with Crippen molar-refractivity contribution in [3.63, 3.8) is 0 Å². The summed E-state index contributed by atoms with van der Waals surface area (Å²) in [5, 5.41) is 0. The van der Waals surface area contributed by atoms with Crippen LogP contribution in [0.25, 0.3) is 11.3 Å². The molecule has 1 aliphatic heterocycles. The molecule has 1 aromatic heterocycles. The molecule has 2 aromatic rings. The summed E-state index contributed by atoms with van der Waals surface area (Å²) in [7, 11) is 0. The van der Waals surface area contributed by atoms with Gasteiger partial charge in [-0.2, -0.15) is 0 Å². The lowest BCUT2D eigenvalue weighted by Gasteiger charge is -2.73. The van der Waals surface area contributed by atoms with Gasteiger partial charge >= 0.3 is 5.97 Å². The number of nitrogens with one attached hydrogen (secondary N) is 1. The largest absolute Gasteiger partial charge is 0.462 e. The van der Waals surface area contributed by atoms with E-state index in [2.05, 4.69) is 51.4 Å². The third-order valence-corrected chi connectivity index (χ3v) is 18.6. The number of fused-ring (bicyclic) bond motifs is 7. The smallest absolute Gasteiger partial charge is 0.302 e. The summed E-state index contributed by atoms with van der Waals surface area (Å²) in [6.07, 6.45) is 17.8. The summed E-state index contributed by atoms with van der Waals surface area (Å²) < 4.78 is 19.7. The van der Waals surface area contributed by atoms with E-state index in [0.29, 0.717) is 40.9 Å². The summed E-state index contributed by atoms with van der Waals surface area (Å²) >= 11 is 0. The molecule has 0 radical (unpaired) electrons. The first-order chi connectivity index (χ1) is 25.1. The molecule has 6 aliphatic carbocycles. The fourth-order valence-electron chi connectivity index (χ4n) is 15.6. The van der Waals surface area contributed by atoms with Crippen LogP contribution in [0.4, 0.5) is 4.39 Å². The van der Waals surface area contributed by atoms with Gasteiger partial charge in [0.25, 0.3) is 0 Å². The van der Waals surface area contributed by atoms with Crippen LogP contribution in [0.2, 0.25) is 0 Å². The number of carbonyl (C=O) groups is 2. The molecule has 1 N–H and O–H groups in total. The van der Waals surface area contributed by atoms with E-state index >= 15 is 4.79 Å². The first-order valence-corrected chi connectivity index (χ1v) is 21.4. The highest BCUT2D eigenvalue weighted by Crippen LogP contribution is 2.79. The third kappa shape index (κ3) is 5.02. The lowest BCUT2D eigenvalue weighted by Crippen LogP contribution is -2.67. The van der Waals surface area contributed by atoms with Crippen LogP contribution >= 0.6 is 0 Å². The van der Waals surface area contributed by atoms with Gasteiger partial charge in [-0.1, -0.05) is 41.5 Å². The van der Waals surface area contributed by atoms with Crippen molar-refractivity contribution in [3.8, 4) is 11.3 Å². The highest BCUT2D eigenvalue weighted by molar-refractivity contribution is 5.84. The number of H-pyrrole nitrogens is 1. The second-order valence-corrected chi connectivity index (χ2v) is 21.0. The van der Waals surface area contributed by atoms with Crippen LogP contribution in [-0.2, 0) is 14.3 Å². The van der Waals surface area contributed by atoms with E-state index in [4.69, 9.17) is 9.72 Å². The maximum atomic E-state index is 15.6. The van der Waals surface area contributed by atoms with Crippen molar-refractivity contribution in [2.75, 3.05) is 6.54 Å². The van der Waals surface area contributed by atoms with Crippen LogP contribution < -0.4 is 0 Å². The van der Waals surface area contributed by atoms with Gasteiger partial charge in [0.2, 0.25) is 5.91 Å². The number of rotatable bonds is 5. The van der Waals surface area contributed by atoms with Crippen molar-refractivity contribution in [2.24, 2.45) is 62.1 Å². The Balaban J connectivity index is 1.03. The van der Waals surface area contributed by atoms with Crippen LogP contribution in [0, 0.1) is 67.9 Å². The molecule has 11 atom stereocenters. The van der Waals surface area contributed by atoms with Crippen LogP contribution in [0.5, 0.6) is 0 Å². The zero-order valence-electron chi connectivity index (χ0n) is 33.5. The van der Waals surface area contributed by atoms with E-state index in [1.54, 1.807) is 19.1 Å². The van der Waals surface area contributed by atoms with Crippen molar-refractivity contribution >= 4 is 11.9 Å². The zero-order chi connectivity index (χ0) is 37.3. The number of benzene rings is 1. The van der Waals surface area contributed by atoms with Gasteiger partial charge in [0, 0.05) is 18.9 Å². The Morgan fingerprint density at radius 2 is 1.57 bits per heavy atom. The molecule has 7 fully saturated rings. The van der Waals surface area contributed by atoms with Gasteiger partial charge < -0.3 is 14.6 Å². The van der Waals surface area contributed by atoms with E-state index in [1.165, 1.54) is 57.1 Å². The average Bonchev–Trinajstić information content (AvgIpc) is 3.50. The number of halogens is 1. The van der Waals surface area contributed by atoms with E-state index in [0.717, 1.165) is 68.6 Å². The fourth-order valence-corrected chi connectivity index (χ4v) is 15.6. The van der Waals surface area contributed by atoms with Crippen molar-refractivity contribution in [1.29, 1.82) is 0 Å². The van der Waals surface area contributed by atoms with E-state index in [9.17, 15) is 9.18 Å². The predicted molar refractivity (Wildman–Crippen MR) is 205 cm³/mol. The Morgan fingerprint density at radius 1 is 0.811 bits per heavy atom. The molecule has 1 amide bonds. The number of imidazole rings is 1. The maximum Gasteiger partial charge on any atom is 0.302 e. The SMILES string of the molecule is CC(=O)OC1CCC2(C)C(CCC3(C)C2CCC2C4C(C5(C)CC5)CCC4(C(=O)N4CCCC4c4ncc(-c5ccc(F)cc5)[nH]4)CCC23C)C1(C)C. The molecular weight excluding hydrogens is 662 g/mol. The molecule has 288 valence electrons. The number of aromatic amines is 1. The Labute approximate surface area is 317 Å². The average molecular weight is 726 g/mol. The van der Waals surface area contributed by atoms with Crippen LogP contribution in [0.1, 0.15) is 150 Å². The summed E-state index contributed by atoms with van der Waals surface area (Å²) in [6, 6.07) is 6.53. The first kappa shape index (κ1) is 36.0. The number of hydrogen-bond donors (Lipinski definition) is 1. The van der Waals surface area contributed by atoms with Gasteiger partial charge in [0.15, 0.2) is 0 Å². The van der Waals surface area contributed by atoms with Crippen LogP contribution in [-0.4, -0.2) is 39.4 Å². The lowest BCUT2D eigenvalue weighted by atomic mass is 9.32. The van der Waals surface area contributed by atoms with Crippen molar-refractivity contribution in [2.45, 2.75) is 151 Å². The second-order valence-electron chi connectivity index (χ2n) is 21.0. The maximum absolute atomic E-state index is 15.6. The number of likely N-dealkylation sites (tertiary alicyclic amines) is 1. The van der Waals surface area contributed by atoms with Gasteiger partial charge in [-0.25, -0.2) is 9.37 Å². The Hall–Kier alpha value is -2.70.